The molecule has 0 saturated carbocycles. The average molecular weight is 356 g/mol. The first kappa shape index (κ1) is 15.8. The van der Waals surface area contributed by atoms with E-state index in [0.29, 0.717) is 6.54 Å². The number of benzene rings is 1. The van der Waals surface area contributed by atoms with Gasteiger partial charge in [-0.1, -0.05) is 12.1 Å². The van der Waals surface area contributed by atoms with Crippen molar-refractivity contribution in [1.29, 1.82) is 0 Å². The van der Waals surface area contributed by atoms with Crippen LogP contribution in [0.1, 0.15) is 5.69 Å². The number of nitrogens with one attached hydrogen (secondary N) is 1. The molecule has 0 radical (unpaired) electrons. The number of aromatic nitrogens is 1. The zero-order valence-corrected chi connectivity index (χ0v) is 13.3. The lowest BCUT2D eigenvalue weighted by atomic mass is 10.3. The Balaban J connectivity index is 1.69. The minimum absolute atomic E-state index is 0.256. The Morgan fingerprint density at radius 1 is 1.13 bits per heavy atom. The van der Waals surface area contributed by atoms with E-state index in [1.165, 1.54) is 29.5 Å². The van der Waals surface area contributed by atoms with Crippen molar-refractivity contribution in [2.24, 2.45) is 0 Å². The third kappa shape index (κ3) is 4.23. The second-order valence-corrected chi connectivity index (χ2v) is 6.19. The predicted octanol–water partition coefficient (Wildman–Crippen LogP) is 5.38. The first-order chi connectivity index (χ1) is 11.0. The summed E-state index contributed by atoms with van der Waals surface area (Å²) in [5, 5.41) is 9.68. The highest BCUT2D eigenvalue weighted by molar-refractivity contribution is 7.14. The lowest BCUT2D eigenvalue weighted by Gasteiger charge is -2.13. The number of thiophene rings is 1. The van der Waals surface area contributed by atoms with Crippen LogP contribution in [-0.2, 0) is 6.54 Å². The van der Waals surface area contributed by atoms with Crippen molar-refractivity contribution < 1.29 is 17.9 Å². The number of para-hydroxylation sites is 2. The normalized spacial score (nSPS) is 11.4. The van der Waals surface area contributed by atoms with E-state index in [2.05, 4.69) is 15.0 Å². The maximum atomic E-state index is 12.4. The fourth-order valence-electron chi connectivity index (χ4n) is 1.92. The number of ether oxygens (including phenoxy) is 1. The van der Waals surface area contributed by atoms with E-state index in [0.717, 1.165) is 16.3 Å². The van der Waals surface area contributed by atoms with Gasteiger partial charge in [0, 0.05) is 16.3 Å². The molecule has 8 heteroatoms. The smallest absolute Gasteiger partial charge is 0.404 e. The van der Waals surface area contributed by atoms with E-state index in [1.54, 1.807) is 17.4 Å². The van der Waals surface area contributed by atoms with Gasteiger partial charge in [-0.3, -0.25) is 0 Å². The van der Waals surface area contributed by atoms with Gasteiger partial charge < -0.3 is 10.1 Å². The standard InChI is InChI=1S/C15H11F3N2OS2/c16-15(17,18)21-13-4-2-1-3-12(13)19-7-11-9-23-14(20-11)10-5-6-22-8-10/h1-6,8-9,19H,7H2. The number of hydrogen-bond donors (Lipinski definition) is 1. The summed E-state index contributed by atoms with van der Waals surface area (Å²) in [4.78, 5) is 4.47. The zero-order valence-electron chi connectivity index (χ0n) is 11.6. The Kier molecular flexibility index (Phi) is 4.53. The highest BCUT2D eigenvalue weighted by atomic mass is 32.1. The van der Waals surface area contributed by atoms with E-state index in [4.69, 9.17) is 0 Å². The quantitative estimate of drug-likeness (QED) is 0.666. The molecule has 3 nitrogen and oxygen atoms in total. The molecular formula is C15H11F3N2OS2. The lowest BCUT2D eigenvalue weighted by molar-refractivity contribution is -0.274. The van der Waals surface area contributed by atoms with Crippen LogP contribution in [0.4, 0.5) is 18.9 Å². The molecule has 120 valence electrons. The van der Waals surface area contributed by atoms with Crippen LogP contribution < -0.4 is 10.1 Å². The zero-order chi connectivity index (χ0) is 16.3. The van der Waals surface area contributed by atoms with Gasteiger partial charge in [-0.05, 0) is 23.6 Å². The molecule has 0 aliphatic rings. The van der Waals surface area contributed by atoms with Crippen LogP contribution >= 0.6 is 22.7 Å². The van der Waals surface area contributed by atoms with E-state index in [1.807, 2.05) is 22.2 Å². The molecule has 0 fully saturated rings. The van der Waals surface area contributed by atoms with Crippen molar-refractivity contribution in [3.05, 3.63) is 52.2 Å². The predicted molar refractivity (Wildman–Crippen MR) is 85.9 cm³/mol. The number of thiazole rings is 1. The van der Waals surface area contributed by atoms with Gasteiger partial charge in [-0.2, -0.15) is 11.3 Å². The summed E-state index contributed by atoms with van der Waals surface area (Å²) in [7, 11) is 0. The van der Waals surface area contributed by atoms with Crippen molar-refractivity contribution in [3.8, 4) is 16.3 Å². The van der Waals surface area contributed by atoms with Crippen molar-refractivity contribution in [2.45, 2.75) is 12.9 Å². The molecule has 1 aromatic carbocycles. The molecule has 0 unspecified atom stereocenters. The molecule has 3 aromatic rings. The number of alkyl halides is 3. The van der Waals surface area contributed by atoms with Gasteiger partial charge in [0.2, 0.25) is 0 Å². The van der Waals surface area contributed by atoms with Gasteiger partial charge in [-0.15, -0.1) is 24.5 Å². The van der Waals surface area contributed by atoms with Gasteiger partial charge in [0.25, 0.3) is 0 Å². The molecule has 0 saturated heterocycles. The number of anilines is 1. The second-order valence-electron chi connectivity index (χ2n) is 4.55. The van der Waals surface area contributed by atoms with E-state index < -0.39 is 6.36 Å². The van der Waals surface area contributed by atoms with Crippen molar-refractivity contribution in [1.82, 2.24) is 4.98 Å². The third-order valence-corrected chi connectivity index (χ3v) is 4.52. The summed E-state index contributed by atoms with van der Waals surface area (Å²) in [5.41, 5.74) is 2.08. The van der Waals surface area contributed by atoms with Gasteiger partial charge in [-0.25, -0.2) is 4.98 Å². The maximum Gasteiger partial charge on any atom is 0.573 e. The second kappa shape index (κ2) is 6.59. The van der Waals surface area contributed by atoms with E-state index in [-0.39, 0.29) is 11.4 Å². The summed E-state index contributed by atoms with van der Waals surface area (Å²) in [5.74, 6) is -0.256. The van der Waals surface area contributed by atoms with Gasteiger partial charge >= 0.3 is 6.36 Å². The third-order valence-electron chi connectivity index (χ3n) is 2.89. The van der Waals surface area contributed by atoms with Crippen LogP contribution in [0.3, 0.4) is 0 Å². The van der Waals surface area contributed by atoms with Crippen molar-refractivity contribution in [3.63, 3.8) is 0 Å². The minimum atomic E-state index is -4.72. The molecule has 0 bridgehead atoms. The Morgan fingerprint density at radius 2 is 1.96 bits per heavy atom. The van der Waals surface area contributed by atoms with Crippen LogP contribution in [-0.4, -0.2) is 11.3 Å². The Bertz CT molecular complexity index is 769. The molecule has 2 heterocycles. The van der Waals surface area contributed by atoms with E-state index >= 15 is 0 Å². The molecule has 2 aromatic heterocycles. The summed E-state index contributed by atoms with van der Waals surface area (Å²) >= 11 is 3.09. The molecule has 0 spiro atoms. The highest BCUT2D eigenvalue weighted by Gasteiger charge is 2.32. The summed E-state index contributed by atoms with van der Waals surface area (Å²) < 4.78 is 41.2. The first-order valence-electron chi connectivity index (χ1n) is 6.57. The lowest BCUT2D eigenvalue weighted by Crippen LogP contribution is -2.18. The fraction of sp³-hybridized carbons (Fsp3) is 0.133. The molecule has 0 aliphatic carbocycles. The topological polar surface area (TPSA) is 34.1 Å². The largest absolute Gasteiger partial charge is 0.573 e. The monoisotopic (exact) mass is 356 g/mol. The Hall–Kier alpha value is -2.06. The van der Waals surface area contributed by atoms with Gasteiger partial charge in [0.05, 0.1) is 17.9 Å². The van der Waals surface area contributed by atoms with Crippen molar-refractivity contribution in [2.75, 3.05) is 5.32 Å². The van der Waals surface area contributed by atoms with Crippen LogP contribution in [0.2, 0.25) is 0 Å². The molecule has 0 atom stereocenters. The molecular weight excluding hydrogens is 345 g/mol. The molecule has 3 rings (SSSR count). The summed E-state index contributed by atoms with van der Waals surface area (Å²) in [6.07, 6.45) is -4.72. The number of rotatable bonds is 5. The van der Waals surface area contributed by atoms with Gasteiger partial charge in [0.15, 0.2) is 5.75 Å². The summed E-state index contributed by atoms with van der Waals surface area (Å²) in [6.45, 7) is 0.318. The van der Waals surface area contributed by atoms with Crippen molar-refractivity contribution >= 4 is 28.4 Å². The number of nitrogens with zero attached hydrogens (tertiary/aromatic N) is 1. The molecule has 1 N–H and O–H groups in total. The minimum Gasteiger partial charge on any atom is -0.404 e. The number of halogens is 3. The SMILES string of the molecule is FC(F)(F)Oc1ccccc1NCc1csc(-c2ccsc2)n1. The van der Waals surface area contributed by atoms with Crippen LogP contribution in [0.25, 0.3) is 10.6 Å². The van der Waals surface area contributed by atoms with Crippen LogP contribution in [0.15, 0.2) is 46.5 Å². The number of hydrogen-bond acceptors (Lipinski definition) is 5. The van der Waals surface area contributed by atoms with E-state index in [9.17, 15) is 13.2 Å². The average Bonchev–Trinajstić information content (AvgIpc) is 3.16. The van der Waals surface area contributed by atoms with Crippen LogP contribution in [0, 0.1) is 0 Å². The first-order valence-corrected chi connectivity index (χ1v) is 8.39. The highest BCUT2D eigenvalue weighted by Crippen LogP contribution is 2.31. The van der Waals surface area contributed by atoms with Gasteiger partial charge in [0.1, 0.15) is 5.01 Å². The fourth-order valence-corrected chi connectivity index (χ4v) is 3.45. The van der Waals surface area contributed by atoms with Crippen LogP contribution in [0.5, 0.6) is 5.75 Å². The summed E-state index contributed by atoms with van der Waals surface area (Å²) in [6, 6.07) is 7.92. The molecule has 23 heavy (non-hydrogen) atoms. The molecule has 0 aliphatic heterocycles. The molecule has 0 amide bonds. The Morgan fingerprint density at radius 3 is 2.70 bits per heavy atom. The maximum absolute atomic E-state index is 12.4. The Labute approximate surface area is 138 Å².